The van der Waals surface area contributed by atoms with Crippen molar-refractivity contribution in [3.05, 3.63) is 58.4 Å². The van der Waals surface area contributed by atoms with E-state index in [1.54, 1.807) is 0 Å². The predicted octanol–water partition coefficient (Wildman–Crippen LogP) is 2.98. The largest absolute Gasteiger partial charge is 0.465 e. The van der Waals surface area contributed by atoms with E-state index in [1.807, 2.05) is 48.7 Å². The van der Waals surface area contributed by atoms with Gasteiger partial charge in [0.05, 0.1) is 25.3 Å². The lowest BCUT2D eigenvalue weighted by atomic mass is 10.0. The molecule has 0 saturated carbocycles. The Balaban J connectivity index is 2.67. The summed E-state index contributed by atoms with van der Waals surface area (Å²) in [7, 11) is 2.62. The Morgan fingerprint density at radius 1 is 1.00 bits per heavy atom. The number of benzene rings is 1. The van der Waals surface area contributed by atoms with Crippen LogP contribution in [0, 0.1) is 6.92 Å². The number of aromatic nitrogens is 1. The van der Waals surface area contributed by atoms with Crippen molar-refractivity contribution in [1.82, 2.24) is 4.57 Å². The van der Waals surface area contributed by atoms with Gasteiger partial charge >= 0.3 is 11.9 Å². The van der Waals surface area contributed by atoms with Crippen LogP contribution >= 0.6 is 0 Å². The average Bonchev–Trinajstić information content (AvgIpc) is 2.85. The van der Waals surface area contributed by atoms with Crippen LogP contribution in [0.4, 0.5) is 0 Å². The quantitative estimate of drug-likeness (QED) is 0.796. The fourth-order valence-electron chi connectivity index (χ4n) is 2.87. The van der Waals surface area contributed by atoms with Crippen LogP contribution in [0.15, 0.2) is 30.3 Å². The molecule has 0 spiro atoms. The number of esters is 2. The molecule has 1 aromatic heterocycles. The summed E-state index contributed by atoms with van der Waals surface area (Å²) in [5.41, 5.74) is 3.12. The Morgan fingerprint density at radius 3 is 2.09 bits per heavy atom. The van der Waals surface area contributed by atoms with Gasteiger partial charge in [0.15, 0.2) is 0 Å². The molecule has 0 aliphatic rings. The highest BCUT2D eigenvalue weighted by atomic mass is 16.5. The molecule has 1 aromatic carbocycles. The SMILES string of the molecule is CCn1c(C)c(C(=O)OC)c(C(=O)OC)c1Cc1ccccc1. The zero-order valence-corrected chi connectivity index (χ0v) is 13.9. The van der Waals surface area contributed by atoms with E-state index in [0.717, 1.165) is 11.3 Å². The monoisotopic (exact) mass is 315 g/mol. The van der Waals surface area contributed by atoms with Crippen molar-refractivity contribution in [2.24, 2.45) is 0 Å². The van der Waals surface area contributed by atoms with Gasteiger partial charge < -0.3 is 14.0 Å². The van der Waals surface area contributed by atoms with Gasteiger partial charge in [0.25, 0.3) is 0 Å². The highest BCUT2D eigenvalue weighted by molar-refractivity contribution is 6.05. The molecule has 0 fully saturated rings. The molecule has 122 valence electrons. The third kappa shape index (κ3) is 3.13. The Bertz CT molecular complexity index is 716. The molecule has 0 amide bonds. The molecule has 0 N–H and O–H groups in total. The van der Waals surface area contributed by atoms with E-state index in [9.17, 15) is 9.59 Å². The second kappa shape index (κ2) is 7.13. The van der Waals surface area contributed by atoms with Gasteiger partial charge in [-0.25, -0.2) is 9.59 Å². The minimum Gasteiger partial charge on any atom is -0.465 e. The summed E-state index contributed by atoms with van der Waals surface area (Å²) in [5, 5.41) is 0. The highest BCUT2D eigenvalue weighted by Crippen LogP contribution is 2.27. The molecule has 1 heterocycles. The first-order valence-electron chi connectivity index (χ1n) is 7.47. The summed E-state index contributed by atoms with van der Waals surface area (Å²) >= 11 is 0. The smallest absolute Gasteiger partial charge is 0.340 e. The van der Waals surface area contributed by atoms with E-state index in [2.05, 4.69) is 0 Å². The average molecular weight is 315 g/mol. The van der Waals surface area contributed by atoms with E-state index in [0.29, 0.717) is 24.2 Å². The van der Waals surface area contributed by atoms with Gasteiger partial charge in [-0.3, -0.25) is 0 Å². The van der Waals surface area contributed by atoms with E-state index in [4.69, 9.17) is 9.47 Å². The number of hydrogen-bond acceptors (Lipinski definition) is 4. The maximum atomic E-state index is 12.3. The molecule has 0 radical (unpaired) electrons. The van der Waals surface area contributed by atoms with Crippen LogP contribution in [-0.4, -0.2) is 30.7 Å². The predicted molar refractivity (Wildman–Crippen MR) is 86.8 cm³/mol. The van der Waals surface area contributed by atoms with Gasteiger partial charge in [-0.2, -0.15) is 0 Å². The van der Waals surface area contributed by atoms with Gasteiger partial charge in [0, 0.05) is 24.4 Å². The van der Waals surface area contributed by atoms with Crippen LogP contribution in [0.2, 0.25) is 0 Å². The fraction of sp³-hybridized carbons (Fsp3) is 0.333. The molecule has 0 unspecified atom stereocenters. The van der Waals surface area contributed by atoms with Gasteiger partial charge in [0.2, 0.25) is 0 Å². The lowest BCUT2D eigenvalue weighted by Gasteiger charge is -2.10. The normalized spacial score (nSPS) is 10.4. The van der Waals surface area contributed by atoms with Gasteiger partial charge in [0.1, 0.15) is 0 Å². The number of hydrogen-bond donors (Lipinski definition) is 0. The second-order valence-electron chi connectivity index (χ2n) is 5.17. The molecule has 0 aliphatic carbocycles. The summed E-state index contributed by atoms with van der Waals surface area (Å²) in [6.07, 6.45) is 0.539. The van der Waals surface area contributed by atoms with Crippen molar-refractivity contribution in [2.75, 3.05) is 14.2 Å². The van der Waals surface area contributed by atoms with Crippen molar-refractivity contribution >= 4 is 11.9 Å². The van der Waals surface area contributed by atoms with Crippen LogP contribution in [0.3, 0.4) is 0 Å². The fourth-order valence-corrected chi connectivity index (χ4v) is 2.87. The van der Waals surface area contributed by atoms with E-state index >= 15 is 0 Å². The number of rotatable bonds is 5. The van der Waals surface area contributed by atoms with Crippen LogP contribution in [0.25, 0.3) is 0 Å². The molecular weight excluding hydrogens is 294 g/mol. The van der Waals surface area contributed by atoms with Crippen molar-refractivity contribution in [3.8, 4) is 0 Å². The summed E-state index contributed by atoms with van der Waals surface area (Å²) < 4.78 is 11.7. The van der Waals surface area contributed by atoms with E-state index in [-0.39, 0.29) is 5.56 Å². The lowest BCUT2D eigenvalue weighted by molar-refractivity contribution is 0.0555. The number of ether oxygens (including phenoxy) is 2. The van der Waals surface area contributed by atoms with Gasteiger partial charge in [-0.1, -0.05) is 30.3 Å². The maximum absolute atomic E-state index is 12.3. The molecular formula is C18H21NO4. The van der Waals surface area contributed by atoms with E-state index < -0.39 is 11.9 Å². The van der Waals surface area contributed by atoms with Gasteiger partial charge in [-0.05, 0) is 19.4 Å². The number of carbonyl (C=O) groups excluding carboxylic acids is 2. The molecule has 2 aromatic rings. The summed E-state index contributed by atoms with van der Waals surface area (Å²) in [5.74, 6) is -1.05. The van der Waals surface area contributed by atoms with Crippen molar-refractivity contribution < 1.29 is 19.1 Å². The van der Waals surface area contributed by atoms with E-state index in [1.165, 1.54) is 14.2 Å². The van der Waals surface area contributed by atoms with Crippen molar-refractivity contribution in [3.63, 3.8) is 0 Å². The molecule has 5 heteroatoms. The minimum absolute atomic E-state index is 0.284. The van der Waals surface area contributed by atoms with Crippen LogP contribution in [0.5, 0.6) is 0 Å². The van der Waals surface area contributed by atoms with Crippen molar-refractivity contribution in [2.45, 2.75) is 26.8 Å². The van der Waals surface area contributed by atoms with Crippen molar-refractivity contribution in [1.29, 1.82) is 0 Å². The Morgan fingerprint density at radius 2 is 1.57 bits per heavy atom. The molecule has 5 nitrogen and oxygen atoms in total. The molecule has 0 aliphatic heterocycles. The molecule has 0 atom stereocenters. The number of nitrogens with zero attached hydrogens (tertiary/aromatic N) is 1. The standard InChI is InChI=1S/C18H21NO4/c1-5-19-12(2)15(17(20)22-3)16(18(21)23-4)14(19)11-13-9-7-6-8-10-13/h6-10H,5,11H2,1-4H3. The zero-order chi connectivity index (χ0) is 17.0. The molecule has 23 heavy (non-hydrogen) atoms. The molecule has 0 bridgehead atoms. The van der Waals surface area contributed by atoms with Crippen LogP contribution in [-0.2, 0) is 22.4 Å². The summed E-state index contributed by atoms with van der Waals surface area (Å²) in [6.45, 7) is 4.44. The number of carbonyl (C=O) groups is 2. The lowest BCUT2D eigenvalue weighted by Crippen LogP contribution is -2.12. The van der Waals surface area contributed by atoms with Crippen LogP contribution < -0.4 is 0 Å². The summed E-state index contributed by atoms with van der Waals surface area (Å²) in [4.78, 5) is 24.5. The van der Waals surface area contributed by atoms with Gasteiger partial charge in [-0.15, -0.1) is 0 Å². The maximum Gasteiger partial charge on any atom is 0.340 e. The summed E-state index contributed by atoms with van der Waals surface area (Å²) in [6, 6.07) is 9.80. The Kier molecular flexibility index (Phi) is 5.21. The first-order valence-corrected chi connectivity index (χ1v) is 7.47. The minimum atomic E-state index is -0.524. The second-order valence-corrected chi connectivity index (χ2v) is 5.17. The Labute approximate surface area is 135 Å². The topological polar surface area (TPSA) is 57.5 Å². The first kappa shape index (κ1) is 16.8. The third-order valence-corrected chi connectivity index (χ3v) is 3.94. The first-order chi connectivity index (χ1) is 11.0. The number of methoxy groups -OCH3 is 2. The molecule has 0 saturated heterocycles. The highest BCUT2D eigenvalue weighted by Gasteiger charge is 2.30. The zero-order valence-electron chi connectivity index (χ0n) is 13.9. The van der Waals surface area contributed by atoms with Crippen LogP contribution in [0.1, 0.15) is 44.6 Å². The Hall–Kier alpha value is -2.56. The molecule has 2 rings (SSSR count). The third-order valence-electron chi connectivity index (χ3n) is 3.94.